The van der Waals surface area contributed by atoms with Crippen LogP contribution in [0.4, 0.5) is 5.69 Å². The average Bonchev–Trinajstić information content (AvgIpc) is 2.76. The van der Waals surface area contributed by atoms with E-state index >= 15 is 0 Å². The fourth-order valence-corrected chi connectivity index (χ4v) is 3.33. The quantitative estimate of drug-likeness (QED) is 0.916. The highest BCUT2D eigenvalue weighted by Crippen LogP contribution is 2.25. The number of aromatic nitrogens is 1. The zero-order chi connectivity index (χ0) is 12.8. The SMILES string of the molecule is O=C(CSCc1ccc(Cl)s1)Nc1ccncc1. The number of halogens is 1. The van der Waals surface area contributed by atoms with Gasteiger partial charge in [-0.2, -0.15) is 0 Å². The Morgan fingerprint density at radius 1 is 1.33 bits per heavy atom. The third kappa shape index (κ3) is 4.33. The van der Waals surface area contributed by atoms with Crippen LogP contribution in [-0.2, 0) is 10.5 Å². The predicted molar refractivity (Wildman–Crippen MR) is 78.4 cm³/mol. The van der Waals surface area contributed by atoms with Gasteiger partial charge < -0.3 is 5.32 Å². The van der Waals surface area contributed by atoms with Crippen molar-refractivity contribution in [3.8, 4) is 0 Å². The van der Waals surface area contributed by atoms with Crippen LogP contribution in [0.3, 0.4) is 0 Å². The van der Waals surface area contributed by atoms with E-state index in [0.29, 0.717) is 5.75 Å². The first-order chi connectivity index (χ1) is 8.74. The predicted octanol–water partition coefficient (Wildman–Crippen LogP) is 3.67. The van der Waals surface area contributed by atoms with E-state index in [1.54, 1.807) is 47.6 Å². The summed E-state index contributed by atoms with van der Waals surface area (Å²) in [6.07, 6.45) is 3.30. The first-order valence-electron chi connectivity index (χ1n) is 5.26. The topological polar surface area (TPSA) is 42.0 Å². The van der Waals surface area contributed by atoms with Crippen LogP contribution < -0.4 is 5.32 Å². The zero-order valence-electron chi connectivity index (χ0n) is 9.43. The molecule has 0 aliphatic rings. The van der Waals surface area contributed by atoms with E-state index in [-0.39, 0.29) is 5.91 Å². The summed E-state index contributed by atoms with van der Waals surface area (Å²) < 4.78 is 0.784. The number of thioether (sulfide) groups is 1. The largest absolute Gasteiger partial charge is 0.325 e. The summed E-state index contributed by atoms with van der Waals surface area (Å²) in [6.45, 7) is 0. The standard InChI is InChI=1S/C12H11ClN2OS2/c13-11-2-1-10(18-11)7-17-8-12(16)15-9-3-5-14-6-4-9/h1-6H,7-8H2,(H,14,15,16). The summed E-state index contributed by atoms with van der Waals surface area (Å²) in [5.41, 5.74) is 0.773. The van der Waals surface area contributed by atoms with Crippen LogP contribution in [-0.4, -0.2) is 16.6 Å². The molecule has 2 aromatic rings. The molecule has 0 radical (unpaired) electrons. The van der Waals surface area contributed by atoms with Crippen LogP contribution in [0.2, 0.25) is 4.34 Å². The molecule has 0 saturated heterocycles. The molecule has 2 heterocycles. The maximum absolute atomic E-state index is 11.6. The minimum absolute atomic E-state index is 0.00569. The third-order valence-electron chi connectivity index (χ3n) is 2.07. The molecule has 0 aliphatic carbocycles. The normalized spacial score (nSPS) is 10.3. The maximum Gasteiger partial charge on any atom is 0.234 e. The minimum atomic E-state index is -0.00569. The average molecular weight is 299 g/mol. The van der Waals surface area contributed by atoms with E-state index in [1.807, 2.05) is 12.1 Å². The summed E-state index contributed by atoms with van der Waals surface area (Å²) in [6, 6.07) is 7.39. The molecule has 0 aromatic carbocycles. The van der Waals surface area contributed by atoms with Crippen molar-refractivity contribution in [3.63, 3.8) is 0 Å². The molecule has 18 heavy (non-hydrogen) atoms. The molecular formula is C12H11ClN2OS2. The van der Waals surface area contributed by atoms with Gasteiger partial charge in [-0.25, -0.2) is 0 Å². The lowest BCUT2D eigenvalue weighted by atomic mass is 10.4. The number of rotatable bonds is 5. The van der Waals surface area contributed by atoms with Gasteiger partial charge in [0.05, 0.1) is 10.1 Å². The third-order valence-corrected chi connectivity index (χ3v) is 4.47. The number of anilines is 1. The molecule has 94 valence electrons. The fraction of sp³-hybridized carbons (Fsp3) is 0.167. The van der Waals surface area contributed by atoms with Gasteiger partial charge in [-0.1, -0.05) is 11.6 Å². The van der Waals surface area contributed by atoms with E-state index < -0.39 is 0 Å². The Morgan fingerprint density at radius 2 is 2.11 bits per heavy atom. The summed E-state index contributed by atoms with van der Waals surface area (Å²) in [5, 5.41) is 2.81. The molecule has 0 atom stereocenters. The first-order valence-corrected chi connectivity index (χ1v) is 7.61. The lowest BCUT2D eigenvalue weighted by molar-refractivity contribution is -0.113. The number of hydrogen-bond acceptors (Lipinski definition) is 4. The molecule has 0 unspecified atom stereocenters. The van der Waals surface area contributed by atoms with Crippen molar-refractivity contribution in [2.45, 2.75) is 5.75 Å². The molecule has 2 rings (SSSR count). The molecule has 6 heteroatoms. The fourth-order valence-electron chi connectivity index (χ4n) is 1.31. The summed E-state index contributed by atoms with van der Waals surface area (Å²) >= 11 is 8.95. The van der Waals surface area contributed by atoms with Crippen LogP contribution in [0.5, 0.6) is 0 Å². The molecule has 1 N–H and O–H groups in total. The lowest BCUT2D eigenvalue weighted by Crippen LogP contribution is -2.13. The molecule has 0 bridgehead atoms. The molecule has 0 fully saturated rings. The molecule has 0 saturated carbocycles. The summed E-state index contributed by atoms with van der Waals surface area (Å²) in [7, 11) is 0. The molecule has 3 nitrogen and oxygen atoms in total. The molecule has 1 amide bonds. The first kappa shape index (κ1) is 13.4. The number of carbonyl (C=O) groups excluding carboxylic acids is 1. The van der Waals surface area contributed by atoms with Crippen molar-refractivity contribution in [2.75, 3.05) is 11.1 Å². The van der Waals surface area contributed by atoms with Crippen LogP contribution >= 0.6 is 34.7 Å². The van der Waals surface area contributed by atoms with Gasteiger partial charge in [0.1, 0.15) is 0 Å². The lowest BCUT2D eigenvalue weighted by Gasteiger charge is -2.03. The van der Waals surface area contributed by atoms with Crippen molar-refractivity contribution in [2.24, 2.45) is 0 Å². The molecular weight excluding hydrogens is 288 g/mol. The zero-order valence-corrected chi connectivity index (χ0v) is 11.8. The monoisotopic (exact) mass is 298 g/mol. The maximum atomic E-state index is 11.6. The number of thiophene rings is 1. The van der Waals surface area contributed by atoms with Gasteiger partial charge >= 0.3 is 0 Å². The Hall–Kier alpha value is -1.04. The highest BCUT2D eigenvalue weighted by molar-refractivity contribution is 7.99. The molecule has 2 aromatic heterocycles. The number of nitrogens with zero attached hydrogens (tertiary/aromatic N) is 1. The van der Waals surface area contributed by atoms with Gasteiger partial charge in [-0.3, -0.25) is 9.78 Å². The van der Waals surface area contributed by atoms with Gasteiger partial charge in [-0.15, -0.1) is 23.1 Å². The second-order valence-electron chi connectivity index (χ2n) is 3.48. The molecule has 0 spiro atoms. The second kappa shape index (κ2) is 6.78. The van der Waals surface area contributed by atoms with Gasteiger partial charge in [0.15, 0.2) is 0 Å². The summed E-state index contributed by atoms with van der Waals surface area (Å²) in [5.74, 6) is 1.23. The molecule has 0 aliphatic heterocycles. The highest BCUT2D eigenvalue weighted by Gasteiger charge is 2.04. The smallest absolute Gasteiger partial charge is 0.234 e. The van der Waals surface area contributed by atoms with Crippen molar-refractivity contribution in [1.29, 1.82) is 0 Å². The van der Waals surface area contributed by atoms with Gasteiger partial charge in [0.25, 0.3) is 0 Å². The van der Waals surface area contributed by atoms with Crippen molar-refractivity contribution >= 4 is 46.3 Å². The van der Waals surface area contributed by atoms with Gasteiger partial charge in [0, 0.05) is 28.7 Å². The van der Waals surface area contributed by atoms with Crippen LogP contribution in [0.25, 0.3) is 0 Å². The summed E-state index contributed by atoms with van der Waals surface area (Å²) in [4.78, 5) is 16.7. The minimum Gasteiger partial charge on any atom is -0.325 e. The van der Waals surface area contributed by atoms with Crippen LogP contribution in [0.1, 0.15) is 4.88 Å². The van der Waals surface area contributed by atoms with Crippen molar-refractivity contribution < 1.29 is 4.79 Å². The van der Waals surface area contributed by atoms with E-state index in [2.05, 4.69) is 10.3 Å². The van der Waals surface area contributed by atoms with E-state index in [1.165, 1.54) is 4.88 Å². The van der Waals surface area contributed by atoms with Crippen molar-refractivity contribution in [1.82, 2.24) is 4.98 Å². The van der Waals surface area contributed by atoms with E-state index in [0.717, 1.165) is 15.8 Å². The van der Waals surface area contributed by atoms with Crippen LogP contribution in [0.15, 0.2) is 36.7 Å². The number of carbonyl (C=O) groups is 1. The number of nitrogens with one attached hydrogen (secondary N) is 1. The van der Waals surface area contributed by atoms with Gasteiger partial charge in [0.2, 0.25) is 5.91 Å². The van der Waals surface area contributed by atoms with Gasteiger partial charge in [-0.05, 0) is 24.3 Å². The second-order valence-corrected chi connectivity index (χ2v) is 6.27. The number of pyridine rings is 1. The Morgan fingerprint density at radius 3 is 2.78 bits per heavy atom. The Kier molecular flexibility index (Phi) is 5.04. The van der Waals surface area contributed by atoms with Crippen molar-refractivity contribution in [3.05, 3.63) is 45.9 Å². The van der Waals surface area contributed by atoms with Crippen LogP contribution in [0, 0.1) is 0 Å². The van der Waals surface area contributed by atoms with E-state index in [4.69, 9.17) is 11.6 Å². The number of amides is 1. The Labute approximate surface area is 119 Å². The van der Waals surface area contributed by atoms with E-state index in [9.17, 15) is 4.79 Å². The number of hydrogen-bond donors (Lipinski definition) is 1. The highest BCUT2D eigenvalue weighted by atomic mass is 35.5. The Balaban J connectivity index is 1.72. The Bertz CT molecular complexity index is 516.